The van der Waals surface area contributed by atoms with Crippen molar-refractivity contribution in [2.24, 2.45) is 5.73 Å². The minimum absolute atomic E-state index is 0.238. The molecule has 0 saturated carbocycles. The number of primary amides is 1. The SMILES string of the molecule is CCc1c(NC(N)=O)c2c(OCC(=O)OC(C)(C)C)cccc2n1Cc1ccccc1. The average Bonchev–Trinajstić information content (AvgIpc) is 2.98. The summed E-state index contributed by atoms with van der Waals surface area (Å²) in [5.41, 5.74) is 8.40. The second-order valence-corrected chi connectivity index (χ2v) is 8.26. The number of nitrogens with one attached hydrogen (secondary N) is 1. The maximum atomic E-state index is 12.2. The molecular formula is C24H29N3O4. The standard InChI is InChI=1S/C24H29N3O4/c1-5-17-22(26-23(25)29)21-18(27(17)14-16-10-7-6-8-11-16)12-9-13-19(21)30-15-20(28)31-24(2,3)4/h6-13H,5,14-15H2,1-4H3,(H3,25,26,29). The molecule has 2 amide bonds. The molecule has 0 unspecified atom stereocenters. The molecule has 7 nitrogen and oxygen atoms in total. The average molecular weight is 424 g/mol. The molecule has 0 aliphatic rings. The third kappa shape index (κ3) is 5.36. The fraction of sp³-hybridized carbons (Fsp3) is 0.333. The maximum Gasteiger partial charge on any atom is 0.344 e. The van der Waals surface area contributed by atoms with Crippen LogP contribution in [0.1, 0.15) is 39.0 Å². The molecular weight excluding hydrogens is 394 g/mol. The number of carbonyl (C=O) groups excluding carboxylic acids is 2. The summed E-state index contributed by atoms with van der Waals surface area (Å²) in [7, 11) is 0. The van der Waals surface area contributed by atoms with Crippen LogP contribution in [0.4, 0.5) is 10.5 Å². The van der Waals surface area contributed by atoms with Crippen LogP contribution in [-0.2, 0) is 22.5 Å². The Kier molecular flexibility index (Phi) is 6.53. The van der Waals surface area contributed by atoms with E-state index in [0.29, 0.717) is 29.8 Å². The number of amides is 2. The van der Waals surface area contributed by atoms with Gasteiger partial charge in [0.1, 0.15) is 11.4 Å². The van der Waals surface area contributed by atoms with E-state index in [9.17, 15) is 9.59 Å². The first-order chi connectivity index (χ1) is 14.7. The van der Waals surface area contributed by atoms with Crippen LogP contribution < -0.4 is 15.8 Å². The molecule has 1 heterocycles. The second-order valence-electron chi connectivity index (χ2n) is 8.26. The summed E-state index contributed by atoms with van der Waals surface area (Å²) in [5, 5.41) is 3.47. The molecule has 0 radical (unpaired) electrons. The van der Waals surface area contributed by atoms with Crippen LogP contribution in [0.15, 0.2) is 48.5 Å². The van der Waals surface area contributed by atoms with Gasteiger partial charge in [-0.2, -0.15) is 0 Å². The lowest BCUT2D eigenvalue weighted by atomic mass is 10.2. The first-order valence-electron chi connectivity index (χ1n) is 10.3. The molecule has 164 valence electrons. The van der Waals surface area contributed by atoms with Gasteiger partial charge in [0.15, 0.2) is 6.61 Å². The van der Waals surface area contributed by atoms with Crippen molar-refractivity contribution in [1.29, 1.82) is 0 Å². The molecule has 1 aromatic heterocycles. The van der Waals surface area contributed by atoms with Gasteiger partial charge in [-0.15, -0.1) is 0 Å². The number of carbonyl (C=O) groups is 2. The number of hydrogen-bond donors (Lipinski definition) is 2. The third-order valence-corrected chi connectivity index (χ3v) is 4.69. The number of anilines is 1. The van der Waals surface area contributed by atoms with E-state index >= 15 is 0 Å². The summed E-state index contributed by atoms with van der Waals surface area (Å²) in [6.45, 7) is 7.81. The van der Waals surface area contributed by atoms with E-state index in [2.05, 4.69) is 22.0 Å². The zero-order valence-electron chi connectivity index (χ0n) is 18.4. The van der Waals surface area contributed by atoms with E-state index in [1.54, 1.807) is 26.8 Å². The van der Waals surface area contributed by atoms with Gasteiger partial charge in [-0.1, -0.05) is 43.3 Å². The molecule has 31 heavy (non-hydrogen) atoms. The fourth-order valence-corrected chi connectivity index (χ4v) is 3.62. The number of nitrogens with two attached hydrogens (primary N) is 1. The summed E-state index contributed by atoms with van der Waals surface area (Å²) < 4.78 is 13.3. The van der Waals surface area contributed by atoms with Crippen molar-refractivity contribution in [3.63, 3.8) is 0 Å². The van der Waals surface area contributed by atoms with Crippen molar-refractivity contribution >= 4 is 28.6 Å². The third-order valence-electron chi connectivity index (χ3n) is 4.69. The van der Waals surface area contributed by atoms with Gasteiger partial charge in [0.2, 0.25) is 0 Å². The zero-order valence-corrected chi connectivity index (χ0v) is 18.4. The number of ether oxygens (including phenoxy) is 2. The topological polar surface area (TPSA) is 95.6 Å². The number of urea groups is 1. The van der Waals surface area contributed by atoms with Gasteiger partial charge in [0, 0.05) is 12.2 Å². The monoisotopic (exact) mass is 423 g/mol. The van der Waals surface area contributed by atoms with Crippen LogP contribution >= 0.6 is 0 Å². The van der Waals surface area contributed by atoms with Gasteiger partial charge in [-0.25, -0.2) is 9.59 Å². The lowest BCUT2D eigenvalue weighted by Crippen LogP contribution is -2.27. The van der Waals surface area contributed by atoms with Crippen LogP contribution in [-0.4, -0.2) is 28.8 Å². The van der Waals surface area contributed by atoms with Crippen LogP contribution in [0.5, 0.6) is 5.75 Å². The Morgan fingerprint density at radius 2 is 1.77 bits per heavy atom. The minimum Gasteiger partial charge on any atom is -0.481 e. The Bertz CT molecular complexity index is 1080. The van der Waals surface area contributed by atoms with Gasteiger partial charge in [0.05, 0.1) is 16.6 Å². The number of fused-ring (bicyclic) bond motifs is 1. The van der Waals surface area contributed by atoms with Crippen LogP contribution in [0.25, 0.3) is 10.9 Å². The van der Waals surface area contributed by atoms with Crippen molar-refractivity contribution in [3.05, 3.63) is 59.8 Å². The Balaban J connectivity index is 2.06. The highest BCUT2D eigenvalue weighted by Crippen LogP contribution is 2.38. The maximum absolute atomic E-state index is 12.2. The molecule has 3 N–H and O–H groups in total. The zero-order chi connectivity index (χ0) is 22.6. The molecule has 0 aliphatic heterocycles. The largest absolute Gasteiger partial charge is 0.481 e. The predicted molar refractivity (Wildman–Crippen MR) is 121 cm³/mol. The van der Waals surface area contributed by atoms with Gasteiger partial charge in [-0.3, -0.25) is 0 Å². The quantitative estimate of drug-likeness (QED) is 0.548. The number of nitrogens with zero attached hydrogens (tertiary/aromatic N) is 1. The second kappa shape index (κ2) is 9.12. The molecule has 2 aromatic carbocycles. The number of esters is 1. The normalized spacial score (nSPS) is 11.4. The van der Waals surface area contributed by atoms with Crippen molar-refractivity contribution in [2.75, 3.05) is 11.9 Å². The van der Waals surface area contributed by atoms with E-state index in [1.807, 2.05) is 37.3 Å². The highest BCUT2D eigenvalue weighted by Gasteiger charge is 2.22. The molecule has 0 atom stereocenters. The Morgan fingerprint density at radius 1 is 1.06 bits per heavy atom. The van der Waals surface area contributed by atoms with E-state index in [0.717, 1.165) is 16.8 Å². The molecule has 3 rings (SSSR count). The highest BCUT2D eigenvalue weighted by molar-refractivity contribution is 6.05. The van der Waals surface area contributed by atoms with Gasteiger partial charge in [0.25, 0.3) is 0 Å². The lowest BCUT2D eigenvalue weighted by molar-refractivity contribution is -0.157. The summed E-state index contributed by atoms with van der Waals surface area (Å²) in [4.78, 5) is 23.9. The molecule has 0 spiro atoms. The van der Waals surface area contributed by atoms with Crippen molar-refractivity contribution in [1.82, 2.24) is 4.57 Å². The Hall–Kier alpha value is -3.48. The van der Waals surface area contributed by atoms with E-state index in [1.165, 1.54) is 0 Å². The van der Waals surface area contributed by atoms with Gasteiger partial charge >= 0.3 is 12.0 Å². The Morgan fingerprint density at radius 3 is 2.39 bits per heavy atom. The molecule has 3 aromatic rings. The van der Waals surface area contributed by atoms with E-state index < -0.39 is 17.6 Å². The van der Waals surface area contributed by atoms with Crippen molar-refractivity contribution in [2.45, 2.75) is 46.3 Å². The van der Waals surface area contributed by atoms with Gasteiger partial charge < -0.3 is 25.1 Å². The number of hydrogen-bond acceptors (Lipinski definition) is 4. The van der Waals surface area contributed by atoms with Crippen molar-refractivity contribution in [3.8, 4) is 5.75 Å². The smallest absolute Gasteiger partial charge is 0.344 e. The van der Waals surface area contributed by atoms with E-state index in [4.69, 9.17) is 15.2 Å². The molecule has 0 fully saturated rings. The molecule has 0 aliphatic carbocycles. The number of rotatable bonds is 7. The summed E-state index contributed by atoms with van der Waals surface area (Å²) in [6.07, 6.45) is 0.669. The minimum atomic E-state index is -0.657. The predicted octanol–water partition coefficient (Wildman–Crippen LogP) is 4.46. The first-order valence-corrected chi connectivity index (χ1v) is 10.3. The number of benzene rings is 2. The molecule has 0 bridgehead atoms. The molecule has 7 heteroatoms. The summed E-state index contributed by atoms with van der Waals surface area (Å²) in [5.74, 6) is 0.0157. The summed E-state index contributed by atoms with van der Waals surface area (Å²) >= 11 is 0. The highest BCUT2D eigenvalue weighted by atomic mass is 16.6. The van der Waals surface area contributed by atoms with Crippen LogP contribution in [0, 0.1) is 0 Å². The Labute approximate surface area is 182 Å². The summed E-state index contributed by atoms with van der Waals surface area (Å²) in [6, 6.07) is 15.0. The molecule has 0 saturated heterocycles. The van der Waals surface area contributed by atoms with Crippen LogP contribution in [0.2, 0.25) is 0 Å². The first kappa shape index (κ1) is 22.2. The van der Waals surface area contributed by atoms with Crippen LogP contribution in [0.3, 0.4) is 0 Å². The lowest BCUT2D eigenvalue weighted by Gasteiger charge is -2.19. The van der Waals surface area contributed by atoms with Crippen molar-refractivity contribution < 1.29 is 19.1 Å². The number of aromatic nitrogens is 1. The van der Waals surface area contributed by atoms with Gasteiger partial charge in [-0.05, 0) is 44.9 Å². The van der Waals surface area contributed by atoms with E-state index in [-0.39, 0.29) is 6.61 Å². The fourth-order valence-electron chi connectivity index (χ4n) is 3.62.